The zero-order chi connectivity index (χ0) is 31.6. The Morgan fingerprint density at radius 1 is 0.479 bits per heavy atom. The second-order valence-corrected chi connectivity index (χ2v) is 12.4. The second-order valence-electron chi connectivity index (χ2n) is 12.4. The zero-order valence-corrected chi connectivity index (χ0v) is 25.9. The quantitative estimate of drug-likeness (QED) is 0.215. The maximum atomic E-state index is 5.40. The number of aromatic nitrogens is 4. The SMILES string of the molecule is c1ccc(-c2cc(-c3cccc(-c4cccc5c4[nH]c4ccccc45)c3)nc(-n3c4cc5ccccc5cc4c4cccnc43)c2)cc1. The molecule has 1 N–H and O–H groups in total. The molecule has 4 nitrogen and oxygen atoms in total. The van der Waals surface area contributed by atoms with Gasteiger partial charge in [-0.1, -0.05) is 109 Å². The fraction of sp³-hybridized carbons (Fsp3) is 0. The number of hydrogen-bond donors (Lipinski definition) is 1. The molecule has 0 bridgehead atoms. The molecule has 0 radical (unpaired) electrons. The third-order valence-corrected chi connectivity index (χ3v) is 9.55. The Morgan fingerprint density at radius 3 is 2.12 bits per heavy atom. The molecular weight excluding hydrogens is 585 g/mol. The molecule has 0 saturated heterocycles. The van der Waals surface area contributed by atoms with E-state index in [-0.39, 0.29) is 0 Å². The van der Waals surface area contributed by atoms with Crippen LogP contribution in [0.3, 0.4) is 0 Å². The fourth-order valence-corrected chi connectivity index (χ4v) is 7.30. The van der Waals surface area contributed by atoms with Gasteiger partial charge in [0, 0.05) is 44.4 Å². The first-order valence-electron chi connectivity index (χ1n) is 16.2. The van der Waals surface area contributed by atoms with Gasteiger partial charge in [-0.3, -0.25) is 4.57 Å². The van der Waals surface area contributed by atoms with Crippen LogP contribution in [0.5, 0.6) is 0 Å². The molecule has 0 saturated carbocycles. The number of benzene rings is 6. The Balaban J connectivity index is 1.21. The van der Waals surface area contributed by atoms with Crippen molar-refractivity contribution < 1.29 is 0 Å². The van der Waals surface area contributed by atoms with Gasteiger partial charge in [0.25, 0.3) is 0 Å². The topological polar surface area (TPSA) is 46.5 Å². The molecule has 0 atom stereocenters. The molecular formula is C44H28N4. The van der Waals surface area contributed by atoms with Crippen LogP contribution in [0.2, 0.25) is 0 Å². The Hall–Kier alpha value is -6.52. The van der Waals surface area contributed by atoms with Crippen molar-refractivity contribution in [2.45, 2.75) is 0 Å². The number of H-pyrrole nitrogens is 1. The van der Waals surface area contributed by atoms with Crippen LogP contribution in [0.1, 0.15) is 0 Å². The average Bonchev–Trinajstić information content (AvgIpc) is 3.69. The van der Waals surface area contributed by atoms with Crippen molar-refractivity contribution in [3.8, 4) is 39.3 Å². The number of rotatable bonds is 4. The van der Waals surface area contributed by atoms with Crippen LogP contribution in [0, 0.1) is 0 Å². The Morgan fingerprint density at radius 2 is 1.21 bits per heavy atom. The number of aromatic amines is 1. The van der Waals surface area contributed by atoms with Crippen molar-refractivity contribution in [2.75, 3.05) is 0 Å². The number of nitrogens with one attached hydrogen (secondary N) is 1. The summed E-state index contributed by atoms with van der Waals surface area (Å²) >= 11 is 0. The first kappa shape index (κ1) is 26.7. The van der Waals surface area contributed by atoms with Gasteiger partial charge >= 0.3 is 0 Å². The molecule has 4 aromatic heterocycles. The zero-order valence-electron chi connectivity index (χ0n) is 25.9. The molecule has 0 aliphatic heterocycles. The van der Waals surface area contributed by atoms with E-state index in [1.54, 1.807) is 0 Å². The van der Waals surface area contributed by atoms with Crippen molar-refractivity contribution >= 4 is 54.5 Å². The van der Waals surface area contributed by atoms with E-state index in [2.05, 4.69) is 161 Å². The van der Waals surface area contributed by atoms with E-state index in [0.717, 1.165) is 61.3 Å². The minimum absolute atomic E-state index is 0.837. The van der Waals surface area contributed by atoms with E-state index < -0.39 is 0 Å². The van der Waals surface area contributed by atoms with E-state index >= 15 is 0 Å². The van der Waals surface area contributed by atoms with Crippen molar-refractivity contribution in [1.82, 2.24) is 19.5 Å². The summed E-state index contributed by atoms with van der Waals surface area (Å²) in [7, 11) is 0. The van der Waals surface area contributed by atoms with Crippen LogP contribution >= 0.6 is 0 Å². The number of para-hydroxylation sites is 2. The molecule has 4 heteroatoms. The highest BCUT2D eigenvalue weighted by Crippen LogP contribution is 2.38. The number of nitrogens with zero attached hydrogens (tertiary/aromatic N) is 3. The van der Waals surface area contributed by atoms with Gasteiger partial charge in [0.2, 0.25) is 0 Å². The molecule has 48 heavy (non-hydrogen) atoms. The van der Waals surface area contributed by atoms with E-state index in [1.807, 2.05) is 12.3 Å². The monoisotopic (exact) mass is 612 g/mol. The normalized spacial score (nSPS) is 11.8. The van der Waals surface area contributed by atoms with Gasteiger partial charge in [-0.15, -0.1) is 0 Å². The van der Waals surface area contributed by atoms with Crippen molar-refractivity contribution in [1.29, 1.82) is 0 Å². The van der Waals surface area contributed by atoms with Gasteiger partial charge < -0.3 is 4.98 Å². The molecule has 0 amide bonds. The van der Waals surface area contributed by atoms with Crippen molar-refractivity contribution in [2.24, 2.45) is 0 Å². The maximum Gasteiger partial charge on any atom is 0.146 e. The molecule has 6 aromatic carbocycles. The van der Waals surface area contributed by atoms with Crippen LogP contribution < -0.4 is 0 Å². The summed E-state index contributed by atoms with van der Waals surface area (Å²) in [4.78, 5) is 14.0. The lowest BCUT2D eigenvalue weighted by molar-refractivity contribution is 1.06. The summed E-state index contributed by atoms with van der Waals surface area (Å²) < 4.78 is 2.22. The summed E-state index contributed by atoms with van der Waals surface area (Å²) in [5.41, 5.74) is 10.8. The molecule has 0 spiro atoms. The average molecular weight is 613 g/mol. The standard InChI is InChI=1S/C44H28N4/c1-2-11-28(12-3-1)33-25-40(32-16-8-15-31(23-32)34-18-9-19-36-35-17-6-7-21-39(35)47-43(34)36)46-42(27-33)48-41-26-30-14-5-4-13-29(30)24-38(41)37-20-10-22-45-44(37)48/h1-27,47H. The minimum Gasteiger partial charge on any atom is -0.354 e. The maximum absolute atomic E-state index is 5.40. The Labute approximate surface area is 276 Å². The smallest absolute Gasteiger partial charge is 0.146 e. The lowest BCUT2D eigenvalue weighted by atomic mass is 9.98. The number of fused-ring (bicyclic) bond motifs is 7. The largest absolute Gasteiger partial charge is 0.354 e. The molecule has 10 rings (SSSR count). The van der Waals surface area contributed by atoms with Gasteiger partial charge in [0.15, 0.2) is 0 Å². The van der Waals surface area contributed by atoms with Crippen molar-refractivity contribution in [3.63, 3.8) is 0 Å². The van der Waals surface area contributed by atoms with Gasteiger partial charge in [-0.25, -0.2) is 9.97 Å². The molecule has 4 heterocycles. The van der Waals surface area contributed by atoms with Crippen LogP contribution in [-0.4, -0.2) is 19.5 Å². The summed E-state index contributed by atoms with van der Waals surface area (Å²) in [6, 6.07) is 56.0. The van der Waals surface area contributed by atoms with Crippen LogP contribution in [0.4, 0.5) is 0 Å². The molecule has 0 aliphatic carbocycles. The predicted molar refractivity (Wildman–Crippen MR) is 200 cm³/mol. The third kappa shape index (κ3) is 4.16. The van der Waals surface area contributed by atoms with Crippen LogP contribution in [0.25, 0.3) is 93.8 Å². The van der Waals surface area contributed by atoms with E-state index in [0.29, 0.717) is 0 Å². The summed E-state index contributed by atoms with van der Waals surface area (Å²) in [6.07, 6.45) is 1.87. The summed E-state index contributed by atoms with van der Waals surface area (Å²) in [6.45, 7) is 0. The minimum atomic E-state index is 0.837. The lowest BCUT2D eigenvalue weighted by Crippen LogP contribution is -2.01. The highest BCUT2D eigenvalue weighted by atomic mass is 15.1. The third-order valence-electron chi connectivity index (χ3n) is 9.55. The van der Waals surface area contributed by atoms with E-state index in [9.17, 15) is 0 Å². The van der Waals surface area contributed by atoms with Crippen LogP contribution in [-0.2, 0) is 0 Å². The molecule has 0 unspecified atom stereocenters. The Bertz CT molecular complexity index is 2840. The van der Waals surface area contributed by atoms with E-state index in [4.69, 9.17) is 9.97 Å². The molecule has 10 aromatic rings. The first-order chi connectivity index (χ1) is 23.8. The van der Waals surface area contributed by atoms with Gasteiger partial charge in [-0.2, -0.15) is 0 Å². The van der Waals surface area contributed by atoms with Crippen molar-refractivity contribution in [3.05, 3.63) is 164 Å². The van der Waals surface area contributed by atoms with Crippen LogP contribution in [0.15, 0.2) is 164 Å². The highest BCUT2D eigenvalue weighted by Gasteiger charge is 2.18. The lowest BCUT2D eigenvalue weighted by Gasteiger charge is -2.13. The fourth-order valence-electron chi connectivity index (χ4n) is 7.30. The second kappa shape index (κ2) is 10.5. The first-order valence-corrected chi connectivity index (χ1v) is 16.2. The number of pyridine rings is 2. The predicted octanol–water partition coefficient (Wildman–Crippen LogP) is 11.4. The van der Waals surface area contributed by atoms with Gasteiger partial charge in [-0.05, 0) is 76.0 Å². The summed E-state index contributed by atoms with van der Waals surface area (Å²) in [5.74, 6) is 0.837. The molecule has 224 valence electrons. The van der Waals surface area contributed by atoms with Gasteiger partial charge in [0.1, 0.15) is 11.5 Å². The molecule has 0 fully saturated rings. The Kier molecular flexibility index (Phi) is 5.84. The highest BCUT2D eigenvalue weighted by molar-refractivity contribution is 6.13. The molecule has 0 aliphatic rings. The van der Waals surface area contributed by atoms with E-state index in [1.165, 1.54) is 32.5 Å². The van der Waals surface area contributed by atoms with Gasteiger partial charge in [0.05, 0.1) is 16.7 Å². The summed E-state index contributed by atoms with van der Waals surface area (Å²) in [5, 5.41) is 7.14. The number of hydrogen-bond acceptors (Lipinski definition) is 2.